The molecule has 1 fully saturated rings. The van der Waals surface area contributed by atoms with Gasteiger partial charge >= 0.3 is 0 Å². The van der Waals surface area contributed by atoms with Crippen molar-refractivity contribution in [1.82, 2.24) is 0 Å². The molecule has 32 heavy (non-hydrogen) atoms. The van der Waals surface area contributed by atoms with E-state index in [4.69, 9.17) is 9.47 Å². The van der Waals surface area contributed by atoms with Crippen molar-refractivity contribution in [2.75, 3.05) is 13.2 Å². The molecular formula is C26H23F3O3. The first kappa shape index (κ1) is 22.2. The minimum absolute atomic E-state index is 0.169. The number of carbonyl (C=O) groups is 1. The number of hydrogen-bond acceptors (Lipinski definition) is 3. The van der Waals surface area contributed by atoms with Gasteiger partial charge in [-0.2, -0.15) is 0 Å². The van der Waals surface area contributed by atoms with Crippen molar-refractivity contribution in [2.45, 2.75) is 25.6 Å². The Bertz CT molecular complexity index is 1060. The summed E-state index contributed by atoms with van der Waals surface area (Å²) in [4.78, 5) is 10.8. The Balaban J connectivity index is 1.49. The standard InChI is InChI=1S/C26H23F3O3/c1-16-14-31-24(32-15-16)11-9-19-6-7-20(12-23(19)27)17-2-4-18(5-3-17)22-10-8-21(13-30)25(28)26(22)29/h2-13,16,24-26H,14-15H2,1H3/b11-9+. The smallest absolute Gasteiger partial charge is 0.177 e. The zero-order valence-electron chi connectivity index (χ0n) is 17.5. The van der Waals surface area contributed by atoms with Crippen molar-refractivity contribution in [3.8, 4) is 11.1 Å². The van der Waals surface area contributed by atoms with E-state index < -0.39 is 24.5 Å². The summed E-state index contributed by atoms with van der Waals surface area (Å²) >= 11 is 0. The van der Waals surface area contributed by atoms with Gasteiger partial charge in [0, 0.05) is 17.1 Å². The molecule has 3 nitrogen and oxygen atoms in total. The molecular weight excluding hydrogens is 417 g/mol. The van der Waals surface area contributed by atoms with Gasteiger partial charge < -0.3 is 9.47 Å². The van der Waals surface area contributed by atoms with E-state index in [1.165, 1.54) is 18.2 Å². The fraction of sp³-hybridized carbons (Fsp3) is 0.269. The van der Waals surface area contributed by atoms with Crippen LogP contribution in [0.1, 0.15) is 18.1 Å². The molecule has 0 amide bonds. The highest BCUT2D eigenvalue weighted by Crippen LogP contribution is 2.33. The fourth-order valence-electron chi connectivity index (χ4n) is 3.66. The summed E-state index contributed by atoms with van der Waals surface area (Å²) in [6, 6.07) is 11.6. The molecule has 0 bridgehead atoms. The Morgan fingerprint density at radius 2 is 1.56 bits per heavy atom. The lowest BCUT2D eigenvalue weighted by Gasteiger charge is -2.25. The molecule has 4 rings (SSSR count). The summed E-state index contributed by atoms with van der Waals surface area (Å²) in [5, 5.41) is 0. The number of rotatable bonds is 5. The quantitative estimate of drug-likeness (QED) is 0.559. The van der Waals surface area contributed by atoms with Crippen LogP contribution in [0.4, 0.5) is 13.2 Å². The predicted octanol–water partition coefficient (Wildman–Crippen LogP) is 5.71. The predicted molar refractivity (Wildman–Crippen MR) is 118 cm³/mol. The van der Waals surface area contributed by atoms with E-state index in [1.54, 1.807) is 48.6 Å². The van der Waals surface area contributed by atoms with Crippen LogP contribution in [0, 0.1) is 11.7 Å². The molecule has 0 radical (unpaired) electrons. The summed E-state index contributed by atoms with van der Waals surface area (Å²) in [6.45, 7) is 3.24. The van der Waals surface area contributed by atoms with E-state index >= 15 is 0 Å². The molecule has 2 aliphatic rings. The lowest BCUT2D eigenvalue weighted by molar-refractivity contribution is -0.170. The molecule has 1 aliphatic carbocycles. The number of allylic oxidation sites excluding steroid dienone is 4. The maximum Gasteiger partial charge on any atom is 0.177 e. The van der Waals surface area contributed by atoms with Crippen LogP contribution in [0.25, 0.3) is 22.8 Å². The Morgan fingerprint density at radius 1 is 0.906 bits per heavy atom. The first-order chi connectivity index (χ1) is 15.5. The average Bonchev–Trinajstić information content (AvgIpc) is 2.81. The van der Waals surface area contributed by atoms with Gasteiger partial charge in [-0.05, 0) is 34.4 Å². The van der Waals surface area contributed by atoms with Gasteiger partial charge in [-0.1, -0.05) is 61.5 Å². The minimum Gasteiger partial charge on any atom is -0.349 e. The third kappa shape index (κ3) is 4.76. The molecule has 0 N–H and O–H groups in total. The number of benzene rings is 2. The highest BCUT2D eigenvalue weighted by Gasteiger charge is 2.31. The van der Waals surface area contributed by atoms with Gasteiger partial charge in [0.05, 0.1) is 13.2 Å². The molecule has 2 aromatic carbocycles. The Morgan fingerprint density at radius 3 is 2.22 bits per heavy atom. The second-order valence-corrected chi connectivity index (χ2v) is 8.02. The number of alkyl halides is 2. The first-order valence-electron chi connectivity index (χ1n) is 10.4. The van der Waals surface area contributed by atoms with Crippen molar-refractivity contribution in [2.24, 2.45) is 5.92 Å². The van der Waals surface area contributed by atoms with E-state index in [0.717, 1.165) is 5.56 Å². The maximum absolute atomic E-state index is 14.6. The Kier molecular flexibility index (Phi) is 6.72. The second kappa shape index (κ2) is 9.67. The third-order valence-corrected chi connectivity index (χ3v) is 5.54. The summed E-state index contributed by atoms with van der Waals surface area (Å²) in [5.41, 5.74) is 2.28. The van der Waals surface area contributed by atoms with Crippen LogP contribution >= 0.6 is 0 Å². The van der Waals surface area contributed by atoms with Crippen LogP contribution < -0.4 is 0 Å². The van der Waals surface area contributed by atoms with Crippen molar-refractivity contribution in [1.29, 1.82) is 0 Å². The molecule has 2 atom stereocenters. The van der Waals surface area contributed by atoms with Gasteiger partial charge in [-0.25, -0.2) is 13.2 Å². The maximum atomic E-state index is 14.6. The van der Waals surface area contributed by atoms with Crippen LogP contribution in [-0.4, -0.2) is 38.1 Å². The van der Waals surface area contributed by atoms with E-state index in [2.05, 4.69) is 0 Å². The molecule has 0 spiro atoms. The number of halogens is 3. The van der Waals surface area contributed by atoms with Crippen molar-refractivity contribution in [3.05, 3.63) is 83.2 Å². The van der Waals surface area contributed by atoms with Crippen molar-refractivity contribution >= 4 is 17.9 Å². The molecule has 0 saturated carbocycles. The fourth-order valence-corrected chi connectivity index (χ4v) is 3.66. The monoisotopic (exact) mass is 440 g/mol. The van der Waals surface area contributed by atoms with Crippen LogP contribution in [0.5, 0.6) is 0 Å². The second-order valence-electron chi connectivity index (χ2n) is 8.02. The Labute approximate surface area is 184 Å². The molecule has 1 saturated heterocycles. The molecule has 6 heteroatoms. The minimum atomic E-state index is -1.98. The lowest BCUT2D eigenvalue weighted by atomic mass is 9.90. The molecule has 2 unspecified atom stereocenters. The van der Waals surface area contributed by atoms with Crippen molar-refractivity contribution in [3.63, 3.8) is 0 Å². The van der Waals surface area contributed by atoms with E-state index in [1.807, 2.05) is 6.92 Å². The van der Waals surface area contributed by atoms with Gasteiger partial charge in [-0.3, -0.25) is 4.79 Å². The molecule has 1 heterocycles. The van der Waals surface area contributed by atoms with Gasteiger partial charge in [0.2, 0.25) is 0 Å². The lowest BCUT2D eigenvalue weighted by Crippen LogP contribution is -2.28. The summed E-state index contributed by atoms with van der Waals surface area (Å²) in [7, 11) is 0. The third-order valence-electron chi connectivity index (χ3n) is 5.54. The van der Waals surface area contributed by atoms with Gasteiger partial charge in [-0.15, -0.1) is 0 Å². The van der Waals surface area contributed by atoms with Gasteiger partial charge in [0.15, 0.2) is 18.6 Å². The number of ether oxygens (including phenoxy) is 2. The SMILES string of the molecule is CC1COC(/C=C/c2ccc(-c3ccc(C4=CC=C(C=O)C(F)C4F)cc3)cc2F)OC1. The Hall–Kier alpha value is -2.96. The number of carbonyl (C=O) groups excluding carboxylic acids is 1. The number of aldehydes is 1. The van der Waals surface area contributed by atoms with Crippen molar-refractivity contribution < 1.29 is 27.4 Å². The van der Waals surface area contributed by atoms with Crippen LogP contribution in [0.3, 0.4) is 0 Å². The van der Waals surface area contributed by atoms with E-state index in [9.17, 15) is 18.0 Å². The van der Waals surface area contributed by atoms with Gasteiger partial charge in [0.1, 0.15) is 12.1 Å². The normalized spacial score (nSPS) is 26.0. The van der Waals surface area contributed by atoms with Gasteiger partial charge in [0.25, 0.3) is 0 Å². The highest BCUT2D eigenvalue weighted by atomic mass is 19.2. The number of hydrogen-bond donors (Lipinski definition) is 0. The summed E-state index contributed by atoms with van der Waals surface area (Å²) < 4.78 is 54.1. The zero-order chi connectivity index (χ0) is 22.7. The topological polar surface area (TPSA) is 35.5 Å². The zero-order valence-corrected chi connectivity index (χ0v) is 17.5. The van der Waals surface area contributed by atoms with E-state index in [-0.39, 0.29) is 11.1 Å². The molecule has 0 aromatic heterocycles. The van der Waals surface area contributed by atoms with E-state index in [0.29, 0.717) is 42.1 Å². The molecule has 166 valence electrons. The summed E-state index contributed by atoms with van der Waals surface area (Å²) in [6.07, 6.45) is 2.00. The first-order valence-corrected chi connectivity index (χ1v) is 10.4. The van der Waals surface area contributed by atoms with Crippen LogP contribution in [-0.2, 0) is 14.3 Å². The van der Waals surface area contributed by atoms with Crippen LogP contribution in [0.15, 0.2) is 66.3 Å². The highest BCUT2D eigenvalue weighted by molar-refractivity contribution is 5.83. The van der Waals surface area contributed by atoms with Crippen LogP contribution in [0.2, 0.25) is 0 Å². The summed E-state index contributed by atoms with van der Waals surface area (Å²) in [5.74, 6) is -0.0476. The largest absolute Gasteiger partial charge is 0.349 e. The average molecular weight is 440 g/mol. The molecule has 2 aromatic rings. The molecule has 1 aliphatic heterocycles.